The zero-order valence-electron chi connectivity index (χ0n) is 30.5. The number of rotatable bonds is 18. The lowest BCUT2D eigenvalue weighted by Crippen LogP contribution is -2.70. The first-order chi connectivity index (χ1) is 26.0. The van der Waals surface area contributed by atoms with Gasteiger partial charge in [-0.15, -0.1) is 0 Å². The molecule has 2 heterocycles. The van der Waals surface area contributed by atoms with E-state index in [1.165, 1.54) is 26.0 Å². The first-order valence-electron chi connectivity index (χ1n) is 18.6. The summed E-state index contributed by atoms with van der Waals surface area (Å²) in [4.78, 5) is 14.2. The minimum absolute atomic E-state index is 0.101. The van der Waals surface area contributed by atoms with Crippen molar-refractivity contribution in [1.82, 2.24) is 15.0 Å². The average molecular weight is 747 g/mol. The van der Waals surface area contributed by atoms with Crippen molar-refractivity contribution in [2.75, 3.05) is 42.7 Å². The molecule has 0 radical (unpaired) electrons. The van der Waals surface area contributed by atoms with Gasteiger partial charge >= 0.3 is 14.8 Å². The van der Waals surface area contributed by atoms with E-state index in [-0.39, 0.29) is 41.5 Å². The molecule has 14 heteroatoms. The highest BCUT2D eigenvalue weighted by Crippen LogP contribution is 2.42. The second kappa shape index (κ2) is 18.7. The van der Waals surface area contributed by atoms with Crippen LogP contribution in [0.4, 0.5) is 27.9 Å². The molecule has 1 aliphatic carbocycles. The van der Waals surface area contributed by atoms with Crippen LogP contribution in [0.25, 0.3) is 0 Å². The standard InChI is InChI=1S/C39H50FN7O5P/c1-3-47(39(52-53-48,50-27-29-15-8-6-9-16-29)51-28-30-17-10-7-11-18-30)24-14-21-33(47)26-41-36-44-37(42-31-19-12-4-5-13-20-31)46-38(45-36)43-32-22-23-35(49-2)34(40)25-32/h6-11,15-18,22-23,25,31,33H,3-5,12-14,19-21,24,26-28H2,1-2H3,(H3,41,42,43,44,45,46)/q+1. The molecule has 2 aliphatic rings. The number of nitrogens with zero attached hydrogens (tertiary/aromatic N) is 4. The summed E-state index contributed by atoms with van der Waals surface area (Å²) >= 11 is 0. The Morgan fingerprint density at radius 1 is 0.830 bits per heavy atom. The van der Waals surface area contributed by atoms with E-state index in [4.69, 9.17) is 28.7 Å². The van der Waals surface area contributed by atoms with Crippen molar-refractivity contribution in [3.05, 3.63) is 95.8 Å². The Kier molecular flexibility index (Phi) is 13.5. The normalized spacial score (nSPS) is 19.5. The van der Waals surface area contributed by atoms with Crippen molar-refractivity contribution < 1.29 is 32.2 Å². The Hall–Kier alpha value is -4.26. The molecule has 1 saturated carbocycles. The van der Waals surface area contributed by atoms with Gasteiger partial charge in [-0.25, -0.2) is 13.4 Å². The zero-order valence-corrected chi connectivity index (χ0v) is 31.4. The third-order valence-electron chi connectivity index (χ3n) is 10.3. The SMILES string of the molecule is CC[N+]1(C(OCc2ccccc2)(OCc2ccccc2)OP=O)CCCC1CNc1nc(Nc2ccc(OC)c(F)c2)nc(NC2CCCCCC2)n1. The third kappa shape index (κ3) is 9.65. The van der Waals surface area contributed by atoms with Crippen LogP contribution in [0.15, 0.2) is 78.9 Å². The molecule has 0 spiro atoms. The fourth-order valence-electron chi connectivity index (χ4n) is 7.53. The van der Waals surface area contributed by atoms with Gasteiger partial charge in [0.25, 0.3) is 0 Å². The Labute approximate surface area is 312 Å². The summed E-state index contributed by atoms with van der Waals surface area (Å²) in [5, 5.41) is 10.2. The number of methoxy groups -OCH3 is 1. The van der Waals surface area contributed by atoms with Gasteiger partial charge in [-0.05, 0) is 43.0 Å². The van der Waals surface area contributed by atoms with Crippen molar-refractivity contribution in [2.24, 2.45) is 0 Å². The number of aromatic nitrogens is 3. The number of quaternary nitrogens is 1. The molecule has 0 bridgehead atoms. The molecule has 2 unspecified atom stereocenters. The summed E-state index contributed by atoms with van der Waals surface area (Å²) in [6, 6.07) is 24.4. The number of hydrogen-bond acceptors (Lipinski definition) is 11. The lowest BCUT2D eigenvalue weighted by atomic mass is 10.1. The highest BCUT2D eigenvalue weighted by molar-refractivity contribution is 7.17. The third-order valence-corrected chi connectivity index (χ3v) is 10.6. The van der Waals surface area contributed by atoms with Crippen LogP contribution in [-0.2, 0) is 31.8 Å². The molecule has 282 valence electrons. The molecule has 3 N–H and O–H groups in total. The van der Waals surface area contributed by atoms with Crippen molar-refractivity contribution in [3.63, 3.8) is 0 Å². The summed E-state index contributed by atoms with van der Waals surface area (Å²) in [5.74, 6) is 0.719. The van der Waals surface area contributed by atoms with E-state index in [9.17, 15) is 8.96 Å². The number of likely N-dealkylation sites (N-methyl/N-ethyl adjacent to an activating group) is 1. The Morgan fingerprint density at radius 2 is 1.47 bits per heavy atom. The van der Waals surface area contributed by atoms with E-state index in [1.54, 1.807) is 12.1 Å². The molecule has 1 aliphatic heterocycles. The van der Waals surface area contributed by atoms with Crippen molar-refractivity contribution in [2.45, 2.75) is 89.7 Å². The molecule has 2 fully saturated rings. The van der Waals surface area contributed by atoms with Crippen LogP contribution in [0, 0.1) is 5.82 Å². The maximum absolute atomic E-state index is 14.6. The van der Waals surface area contributed by atoms with E-state index in [1.807, 2.05) is 60.7 Å². The first-order valence-corrected chi connectivity index (χ1v) is 19.3. The van der Waals surface area contributed by atoms with E-state index < -0.39 is 20.6 Å². The minimum atomic E-state index is -1.69. The molecule has 6 rings (SSSR count). The van der Waals surface area contributed by atoms with Crippen LogP contribution >= 0.6 is 8.69 Å². The second-order valence-corrected chi connectivity index (χ2v) is 13.9. The molecule has 1 saturated heterocycles. The molecule has 2 atom stereocenters. The summed E-state index contributed by atoms with van der Waals surface area (Å²) in [6.45, 7) is 4.13. The van der Waals surface area contributed by atoms with Gasteiger partial charge < -0.3 is 20.7 Å². The predicted octanol–water partition coefficient (Wildman–Crippen LogP) is 8.58. The predicted molar refractivity (Wildman–Crippen MR) is 202 cm³/mol. The molecule has 12 nitrogen and oxygen atoms in total. The maximum atomic E-state index is 14.6. The summed E-state index contributed by atoms with van der Waals surface area (Å²) < 4.78 is 51.8. The number of benzene rings is 3. The fourth-order valence-corrected chi connectivity index (χ4v) is 7.89. The molecular formula is C39H50FN7O5P+. The number of likely N-dealkylation sites (tertiary alicyclic amines) is 1. The number of halogens is 1. The summed E-state index contributed by atoms with van der Waals surface area (Å²) in [6.07, 6.45) is 6.80. The van der Waals surface area contributed by atoms with Crippen LogP contribution < -0.4 is 20.7 Å². The Bertz CT molecular complexity index is 1710. The summed E-state index contributed by atoms with van der Waals surface area (Å²) in [7, 11) is 0.870. The molecule has 1 aromatic heterocycles. The lowest BCUT2D eigenvalue weighted by molar-refractivity contribution is -1.06. The molecular weight excluding hydrogens is 696 g/mol. The van der Waals surface area contributed by atoms with Gasteiger partial charge in [0.2, 0.25) is 17.8 Å². The van der Waals surface area contributed by atoms with E-state index in [2.05, 4.69) is 27.9 Å². The first kappa shape index (κ1) is 38.5. The number of anilines is 4. The maximum Gasteiger partial charge on any atom is 0.460 e. The molecule has 0 amide bonds. The zero-order chi connectivity index (χ0) is 36.9. The highest BCUT2D eigenvalue weighted by Gasteiger charge is 2.62. The van der Waals surface area contributed by atoms with Crippen LogP contribution in [-0.4, -0.2) is 64.4 Å². The highest BCUT2D eigenvalue weighted by atomic mass is 31.1. The number of hydrogen-bond donors (Lipinski definition) is 3. The van der Waals surface area contributed by atoms with E-state index in [0.29, 0.717) is 37.2 Å². The van der Waals surface area contributed by atoms with Crippen LogP contribution in [0.5, 0.6) is 5.75 Å². The quantitative estimate of drug-likeness (QED) is 0.0392. The monoisotopic (exact) mass is 746 g/mol. The van der Waals surface area contributed by atoms with Gasteiger partial charge in [0.1, 0.15) is 6.04 Å². The molecule has 3 aromatic carbocycles. The summed E-state index contributed by atoms with van der Waals surface area (Å²) in [5.41, 5.74) is 2.35. The lowest BCUT2D eigenvalue weighted by Gasteiger charge is -2.49. The van der Waals surface area contributed by atoms with Crippen LogP contribution in [0.2, 0.25) is 0 Å². The minimum Gasteiger partial charge on any atom is -0.494 e. The van der Waals surface area contributed by atoms with Crippen molar-refractivity contribution in [1.29, 1.82) is 0 Å². The van der Waals surface area contributed by atoms with E-state index >= 15 is 0 Å². The number of nitrogens with one attached hydrogen (secondary N) is 3. The average Bonchev–Trinajstić information content (AvgIpc) is 3.45. The topological polar surface area (TPSA) is 129 Å². The number of ether oxygens (including phenoxy) is 3. The fraction of sp³-hybridized carbons (Fsp3) is 0.462. The van der Waals surface area contributed by atoms with Crippen LogP contribution in [0.3, 0.4) is 0 Å². The molecule has 53 heavy (non-hydrogen) atoms. The van der Waals surface area contributed by atoms with Crippen molar-refractivity contribution in [3.8, 4) is 5.75 Å². The Balaban J connectivity index is 1.28. The van der Waals surface area contributed by atoms with Gasteiger partial charge in [-0.3, -0.25) is 9.47 Å². The van der Waals surface area contributed by atoms with Gasteiger partial charge in [0, 0.05) is 30.6 Å². The van der Waals surface area contributed by atoms with Gasteiger partial charge in [0.05, 0.1) is 40.0 Å². The second-order valence-electron chi connectivity index (χ2n) is 13.6. The van der Waals surface area contributed by atoms with Gasteiger partial charge in [-0.2, -0.15) is 19.5 Å². The van der Waals surface area contributed by atoms with Gasteiger partial charge in [-0.1, -0.05) is 86.3 Å². The van der Waals surface area contributed by atoms with E-state index in [0.717, 1.165) is 49.7 Å². The largest absolute Gasteiger partial charge is 0.494 e. The molecule has 4 aromatic rings. The van der Waals surface area contributed by atoms with Crippen LogP contribution in [0.1, 0.15) is 69.4 Å². The van der Waals surface area contributed by atoms with Crippen molar-refractivity contribution >= 4 is 32.2 Å². The smallest absolute Gasteiger partial charge is 0.460 e. The Morgan fingerprint density at radius 3 is 2.08 bits per heavy atom. The van der Waals surface area contributed by atoms with Gasteiger partial charge in [0.15, 0.2) is 11.6 Å².